The minimum Gasteiger partial charge on any atom is -0.435 e. The largest absolute Gasteiger partial charge is 0.435 e. The molecule has 3 N–H and O–H groups in total. The SMILES string of the molecule is Nc1c(F)ccc(C(=O)NC2CCCc3cc(OC(F)F)ccc32)c1F. The Kier molecular flexibility index (Phi) is 5.01. The van der Waals surface area contributed by atoms with E-state index in [4.69, 9.17) is 5.73 Å². The molecule has 1 aliphatic rings. The standard InChI is InChI=1S/C18H16F4N2O2/c19-13-7-6-12(15(20)16(13)23)17(25)24-14-3-1-2-9-8-10(26-18(21)22)4-5-11(9)14/h4-8,14,18H,1-3,23H2,(H,24,25). The first-order valence-corrected chi connectivity index (χ1v) is 7.98. The maximum Gasteiger partial charge on any atom is 0.387 e. The summed E-state index contributed by atoms with van der Waals surface area (Å²) in [6.07, 6.45) is 1.97. The molecule has 1 aliphatic carbocycles. The average molecular weight is 368 g/mol. The monoisotopic (exact) mass is 368 g/mol. The number of nitrogens with one attached hydrogen (secondary N) is 1. The van der Waals surface area contributed by atoms with Crippen LogP contribution in [0.3, 0.4) is 0 Å². The molecule has 0 saturated carbocycles. The van der Waals surface area contributed by atoms with Gasteiger partial charge in [0.2, 0.25) is 0 Å². The van der Waals surface area contributed by atoms with Gasteiger partial charge in [-0.3, -0.25) is 4.79 Å². The number of nitrogen functional groups attached to an aromatic ring is 1. The van der Waals surface area contributed by atoms with E-state index >= 15 is 0 Å². The van der Waals surface area contributed by atoms with E-state index in [1.54, 1.807) is 6.07 Å². The van der Waals surface area contributed by atoms with E-state index in [2.05, 4.69) is 10.1 Å². The fourth-order valence-corrected chi connectivity index (χ4v) is 3.10. The molecule has 26 heavy (non-hydrogen) atoms. The van der Waals surface area contributed by atoms with Crippen LogP contribution in [-0.2, 0) is 6.42 Å². The number of halogens is 4. The Morgan fingerprint density at radius 3 is 2.73 bits per heavy atom. The lowest BCUT2D eigenvalue weighted by atomic mass is 9.87. The van der Waals surface area contributed by atoms with Gasteiger partial charge in [0.1, 0.15) is 17.3 Å². The quantitative estimate of drug-likeness (QED) is 0.634. The van der Waals surface area contributed by atoms with E-state index in [0.29, 0.717) is 19.3 Å². The van der Waals surface area contributed by atoms with Crippen molar-refractivity contribution in [1.29, 1.82) is 0 Å². The summed E-state index contributed by atoms with van der Waals surface area (Å²) in [7, 11) is 0. The molecule has 0 bridgehead atoms. The van der Waals surface area contributed by atoms with E-state index in [9.17, 15) is 22.4 Å². The zero-order chi connectivity index (χ0) is 18.8. The number of carbonyl (C=O) groups is 1. The van der Waals surface area contributed by atoms with Crippen LogP contribution < -0.4 is 15.8 Å². The van der Waals surface area contributed by atoms with Gasteiger partial charge in [-0.05, 0) is 54.7 Å². The molecule has 0 aliphatic heterocycles. The van der Waals surface area contributed by atoms with Gasteiger partial charge in [0.15, 0.2) is 5.82 Å². The predicted molar refractivity (Wildman–Crippen MR) is 87.0 cm³/mol. The van der Waals surface area contributed by atoms with Crippen molar-refractivity contribution in [3.05, 3.63) is 58.7 Å². The number of carbonyl (C=O) groups excluding carboxylic acids is 1. The Hall–Kier alpha value is -2.77. The van der Waals surface area contributed by atoms with Crippen LogP contribution in [0.25, 0.3) is 0 Å². The molecule has 0 radical (unpaired) electrons. The Morgan fingerprint density at radius 1 is 1.23 bits per heavy atom. The first-order valence-electron chi connectivity index (χ1n) is 7.98. The first kappa shape index (κ1) is 18.0. The third-order valence-electron chi connectivity index (χ3n) is 4.33. The van der Waals surface area contributed by atoms with Crippen LogP contribution in [0, 0.1) is 11.6 Å². The van der Waals surface area contributed by atoms with Crippen LogP contribution in [0.2, 0.25) is 0 Å². The Labute approximate surface area is 146 Å². The van der Waals surface area contributed by atoms with Crippen molar-refractivity contribution >= 4 is 11.6 Å². The van der Waals surface area contributed by atoms with E-state index in [-0.39, 0.29) is 11.3 Å². The van der Waals surface area contributed by atoms with Gasteiger partial charge in [-0.2, -0.15) is 8.78 Å². The van der Waals surface area contributed by atoms with Gasteiger partial charge in [-0.15, -0.1) is 0 Å². The minimum absolute atomic E-state index is 0.0445. The number of rotatable bonds is 4. The molecule has 8 heteroatoms. The summed E-state index contributed by atoms with van der Waals surface area (Å²) in [5.74, 6) is -2.73. The molecule has 0 saturated heterocycles. The normalized spacial score (nSPS) is 16.3. The average Bonchev–Trinajstić information content (AvgIpc) is 2.59. The number of hydrogen-bond donors (Lipinski definition) is 2. The number of benzene rings is 2. The zero-order valence-electron chi connectivity index (χ0n) is 13.6. The third kappa shape index (κ3) is 3.58. The lowest BCUT2D eigenvalue weighted by Crippen LogP contribution is -2.31. The second kappa shape index (κ2) is 7.23. The smallest absolute Gasteiger partial charge is 0.387 e. The summed E-state index contributed by atoms with van der Waals surface area (Å²) < 4.78 is 56.3. The number of fused-ring (bicyclic) bond motifs is 1. The fourth-order valence-electron chi connectivity index (χ4n) is 3.10. The van der Waals surface area contributed by atoms with E-state index in [1.807, 2.05) is 0 Å². The summed E-state index contributed by atoms with van der Waals surface area (Å²) in [4.78, 5) is 12.4. The number of aryl methyl sites for hydroxylation is 1. The lowest BCUT2D eigenvalue weighted by Gasteiger charge is -2.27. The summed E-state index contributed by atoms with van der Waals surface area (Å²) in [5.41, 5.74) is 5.74. The number of amides is 1. The van der Waals surface area contributed by atoms with E-state index in [0.717, 1.165) is 23.3 Å². The molecule has 138 valence electrons. The van der Waals surface area contributed by atoms with Crippen LogP contribution in [0.15, 0.2) is 30.3 Å². The maximum absolute atomic E-state index is 14.0. The van der Waals surface area contributed by atoms with Crippen molar-refractivity contribution in [3.8, 4) is 5.75 Å². The molecule has 1 unspecified atom stereocenters. The van der Waals surface area contributed by atoms with Crippen LogP contribution in [-0.4, -0.2) is 12.5 Å². The molecule has 4 nitrogen and oxygen atoms in total. The summed E-state index contributed by atoms with van der Waals surface area (Å²) in [6, 6.07) is 6.04. The van der Waals surface area contributed by atoms with Gasteiger partial charge >= 0.3 is 6.61 Å². The fraction of sp³-hybridized carbons (Fsp3) is 0.278. The van der Waals surface area contributed by atoms with Crippen molar-refractivity contribution in [2.75, 3.05) is 5.73 Å². The van der Waals surface area contributed by atoms with Crippen molar-refractivity contribution in [3.63, 3.8) is 0 Å². The molecular weight excluding hydrogens is 352 g/mol. The zero-order valence-corrected chi connectivity index (χ0v) is 13.6. The highest BCUT2D eigenvalue weighted by atomic mass is 19.3. The maximum atomic E-state index is 14.0. The molecule has 2 aromatic carbocycles. The summed E-state index contributed by atoms with van der Waals surface area (Å²) in [6.45, 7) is -2.92. The molecule has 2 aromatic rings. The van der Waals surface area contributed by atoms with Crippen molar-refractivity contribution in [2.24, 2.45) is 0 Å². The molecule has 1 atom stereocenters. The molecule has 1 amide bonds. The van der Waals surface area contributed by atoms with Gasteiger partial charge in [-0.25, -0.2) is 8.78 Å². The third-order valence-corrected chi connectivity index (χ3v) is 4.33. The number of nitrogens with two attached hydrogens (primary N) is 1. The predicted octanol–water partition coefficient (Wildman–Crippen LogP) is 3.96. The molecule has 0 heterocycles. The molecular formula is C18H16F4N2O2. The number of anilines is 1. The van der Waals surface area contributed by atoms with Gasteiger partial charge in [0.05, 0.1) is 11.6 Å². The summed E-state index contributed by atoms with van der Waals surface area (Å²) in [5, 5.41) is 2.69. The molecule has 3 rings (SSSR count). The minimum atomic E-state index is -2.92. The van der Waals surface area contributed by atoms with Crippen molar-refractivity contribution in [2.45, 2.75) is 31.9 Å². The highest BCUT2D eigenvalue weighted by molar-refractivity contribution is 5.95. The molecule has 0 aromatic heterocycles. The van der Waals surface area contributed by atoms with Gasteiger partial charge in [0.25, 0.3) is 5.91 Å². The number of hydrogen-bond acceptors (Lipinski definition) is 3. The Bertz CT molecular complexity index is 842. The molecule has 0 spiro atoms. The van der Waals surface area contributed by atoms with Crippen molar-refractivity contribution in [1.82, 2.24) is 5.32 Å². The lowest BCUT2D eigenvalue weighted by molar-refractivity contribution is -0.0499. The van der Waals surface area contributed by atoms with E-state index < -0.39 is 35.9 Å². The summed E-state index contributed by atoms with van der Waals surface area (Å²) >= 11 is 0. The highest BCUT2D eigenvalue weighted by Crippen LogP contribution is 2.33. The van der Waals surface area contributed by atoms with Crippen LogP contribution in [0.1, 0.15) is 40.4 Å². The highest BCUT2D eigenvalue weighted by Gasteiger charge is 2.25. The number of ether oxygens (including phenoxy) is 1. The second-order valence-corrected chi connectivity index (χ2v) is 5.98. The van der Waals surface area contributed by atoms with Crippen LogP contribution in [0.5, 0.6) is 5.75 Å². The molecule has 0 fully saturated rings. The van der Waals surface area contributed by atoms with Gasteiger partial charge < -0.3 is 15.8 Å². The van der Waals surface area contributed by atoms with Crippen LogP contribution in [0.4, 0.5) is 23.2 Å². The van der Waals surface area contributed by atoms with Crippen LogP contribution >= 0.6 is 0 Å². The van der Waals surface area contributed by atoms with Gasteiger partial charge in [0, 0.05) is 0 Å². The topological polar surface area (TPSA) is 64.4 Å². The van der Waals surface area contributed by atoms with Gasteiger partial charge in [-0.1, -0.05) is 6.07 Å². The van der Waals surface area contributed by atoms with E-state index in [1.165, 1.54) is 12.1 Å². The first-order chi connectivity index (χ1) is 12.4. The number of alkyl halides is 2. The van der Waals surface area contributed by atoms with Crippen molar-refractivity contribution < 1.29 is 27.1 Å². The Morgan fingerprint density at radius 2 is 2.00 bits per heavy atom. The second-order valence-electron chi connectivity index (χ2n) is 5.98. The Balaban J connectivity index is 1.82.